The summed E-state index contributed by atoms with van der Waals surface area (Å²) >= 11 is 0. The van der Waals surface area contributed by atoms with Crippen molar-refractivity contribution in [2.45, 2.75) is 44.6 Å². The molecule has 1 heterocycles. The van der Waals surface area contributed by atoms with Crippen LogP contribution in [0, 0.1) is 5.82 Å². The van der Waals surface area contributed by atoms with E-state index < -0.39 is 37.6 Å². The quantitative estimate of drug-likeness (QED) is 0.623. The predicted molar refractivity (Wildman–Crippen MR) is 105 cm³/mol. The third-order valence-electron chi connectivity index (χ3n) is 4.89. The molecule has 1 aliphatic heterocycles. The Kier molecular flexibility index (Phi) is 7.22. The maximum absolute atomic E-state index is 14.4. The number of sulfonamides is 1. The summed E-state index contributed by atoms with van der Waals surface area (Å²) in [6.45, 7) is 6.00. The van der Waals surface area contributed by atoms with E-state index in [2.05, 4.69) is 0 Å². The van der Waals surface area contributed by atoms with Gasteiger partial charge < -0.3 is 4.90 Å². The normalized spacial score (nSPS) is 19.1. The summed E-state index contributed by atoms with van der Waals surface area (Å²) in [6, 6.07) is 2.64. The summed E-state index contributed by atoms with van der Waals surface area (Å²) in [7, 11) is -7.07. The molecule has 0 bridgehead atoms. The fraction of sp³-hybridized carbons (Fsp3) is 0.611. The second-order valence-corrected chi connectivity index (χ2v) is 11.0. The lowest BCUT2D eigenvalue weighted by atomic mass is 10.1. The van der Waals surface area contributed by atoms with E-state index in [0.717, 1.165) is 18.2 Å². The van der Waals surface area contributed by atoms with Gasteiger partial charge in [0.25, 0.3) is 5.91 Å². The van der Waals surface area contributed by atoms with Gasteiger partial charge in [0.15, 0.2) is 9.84 Å². The fourth-order valence-electron chi connectivity index (χ4n) is 3.41. The van der Waals surface area contributed by atoms with Crippen molar-refractivity contribution in [1.29, 1.82) is 0 Å². The number of benzene rings is 1. The molecule has 1 amide bonds. The highest BCUT2D eigenvalue weighted by Gasteiger charge is 2.35. The summed E-state index contributed by atoms with van der Waals surface area (Å²) < 4.78 is 64.7. The molecule has 28 heavy (non-hydrogen) atoms. The summed E-state index contributed by atoms with van der Waals surface area (Å²) in [4.78, 5) is 14.2. The van der Waals surface area contributed by atoms with E-state index in [0.29, 0.717) is 12.8 Å². The van der Waals surface area contributed by atoms with Gasteiger partial charge in [-0.15, -0.1) is 0 Å². The van der Waals surface area contributed by atoms with E-state index in [4.69, 9.17) is 0 Å². The van der Waals surface area contributed by atoms with Gasteiger partial charge in [0, 0.05) is 25.7 Å². The Bertz CT molecular complexity index is 927. The van der Waals surface area contributed by atoms with Crippen LogP contribution in [0.15, 0.2) is 23.1 Å². The Labute approximate surface area is 166 Å². The van der Waals surface area contributed by atoms with Crippen LogP contribution in [0.4, 0.5) is 4.39 Å². The lowest BCUT2D eigenvalue weighted by Gasteiger charge is -2.28. The molecule has 1 aromatic rings. The number of carbonyl (C=O) groups excluding carboxylic acids is 1. The molecule has 0 aromatic heterocycles. The van der Waals surface area contributed by atoms with E-state index >= 15 is 0 Å². The molecule has 1 atom stereocenters. The standard InChI is InChI=1S/C18H27FN2O5S2/c1-4-10-21(14-9-11-27(23,24)13-14)18(22)16-12-15(7-8-17(16)19)28(25,26)20(5-2)6-3/h7-8,12,14H,4-6,9-11,13H2,1-3H3. The van der Waals surface area contributed by atoms with Crippen LogP contribution in [-0.4, -0.2) is 69.1 Å². The van der Waals surface area contributed by atoms with Gasteiger partial charge in [-0.25, -0.2) is 21.2 Å². The lowest BCUT2D eigenvalue weighted by Crippen LogP contribution is -2.42. The van der Waals surface area contributed by atoms with E-state index in [9.17, 15) is 26.0 Å². The molecule has 1 saturated heterocycles. The van der Waals surface area contributed by atoms with Crippen LogP contribution < -0.4 is 0 Å². The van der Waals surface area contributed by atoms with E-state index in [1.165, 1.54) is 9.21 Å². The highest BCUT2D eigenvalue weighted by atomic mass is 32.2. The number of carbonyl (C=O) groups is 1. The summed E-state index contributed by atoms with van der Waals surface area (Å²) in [5.41, 5.74) is -0.356. The van der Waals surface area contributed by atoms with Crippen molar-refractivity contribution in [2.24, 2.45) is 0 Å². The summed E-state index contributed by atoms with van der Waals surface area (Å²) in [6.07, 6.45) is 0.870. The molecule has 0 radical (unpaired) electrons. The Morgan fingerprint density at radius 2 is 1.86 bits per heavy atom. The molecular formula is C18H27FN2O5S2. The van der Waals surface area contributed by atoms with Crippen molar-refractivity contribution in [3.63, 3.8) is 0 Å². The molecule has 10 heteroatoms. The average Bonchev–Trinajstić information content (AvgIpc) is 2.99. The van der Waals surface area contributed by atoms with Gasteiger partial charge in [-0.2, -0.15) is 4.31 Å². The van der Waals surface area contributed by atoms with Gasteiger partial charge >= 0.3 is 0 Å². The third-order valence-corrected chi connectivity index (χ3v) is 8.68. The monoisotopic (exact) mass is 434 g/mol. The van der Waals surface area contributed by atoms with Crippen molar-refractivity contribution in [1.82, 2.24) is 9.21 Å². The first-order chi connectivity index (χ1) is 13.1. The molecule has 1 aliphatic rings. The average molecular weight is 435 g/mol. The minimum atomic E-state index is -3.85. The van der Waals surface area contributed by atoms with Crippen molar-refractivity contribution in [3.8, 4) is 0 Å². The van der Waals surface area contributed by atoms with Gasteiger partial charge in [0.2, 0.25) is 10.0 Å². The van der Waals surface area contributed by atoms with Crippen LogP contribution in [0.2, 0.25) is 0 Å². The van der Waals surface area contributed by atoms with Crippen LogP contribution in [-0.2, 0) is 19.9 Å². The van der Waals surface area contributed by atoms with Crippen molar-refractivity contribution in [3.05, 3.63) is 29.6 Å². The molecule has 0 aliphatic carbocycles. The second-order valence-electron chi connectivity index (χ2n) is 6.79. The van der Waals surface area contributed by atoms with Gasteiger partial charge in [-0.3, -0.25) is 4.79 Å². The minimum Gasteiger partial charge on any atom is -0.335 e. The van der Waals surface area contributed by atoms with Crippen LogP contribution in [0.25, 0.3) is 0 Å². The number of rotatable bonds is 8. The zero-order valence-corrected chi connectivity index (χ0v) is 18.0. The molecule has 2 rings (SSSR count). The van der Waals surface area contributed by atoms with Gasteiger partial charge in [0.1, 0.15) is 5.82 Å². The highest BCUT2D eigenvalue weighted by Crippen LogP contribution is 2.24. The lowest BCUT2D eigenvalue weighted by molar-refractivity contribution is 0.0692. The Balaban J connectivity index is 2.43. The molecule has 1 unspecified atom stereocenters. The van der Waals surface area contributed by atoms with Crippen LogP contribution in [0.3, 0.4) is 0 Å². The second kappa shape index (κ2) is 8.87. The first kappa shape index (κ1) is 22.8. The molecule has 0 N–H and O–H groups in total. The molecule has 0 spiro atoms. The van der Waals surface area contributed by atoms with Crippen LogP contribution in [0.5, 0.6) is 0 Å². The van der Waals surface area contributed by atoms with E-state index in [1.807, 2.05) is 6.92 Å². The predicted octanol–water partition coefficient (Wildman–Crippen LogP) is 1.90. The van der Waals surface area contributed by atoms with Crippen molar-refractivity contribution < 1.29 is 26.0 Å². The van der Waals surface area contributed by atoms with Crippen molar-refractivity contribution in [2.75, 3.05) is 31.1 Å². The number of sulfone groups is 1. The molecular weight excluding hydrogens is 407 g/mol. The number of amides is 1. The molecule has 158 valence electrons. The topological polar surface area (TPSA) is 91.8 Å². The number of nitrogens with zero attached hydrogens (tertiary/aromatic N) is 2. The number of hydrogen-bond donors (Lipinski definition) is 0. The Morgan fingerprint density at radius 1 is 1.21 bits per heavy atom. The first-order valence-corrected chi connectivity index (χ1v) is 12.6. The smallest absolute Gasteiger partial charge is 0.257 e. The van der Waals surface area contributed by atoms with E-state index in [1.54, 1.807) is 13.8 Å². The minimum absolute atomic E-state index is 0.00990. The zero-order valence-electron chi connectivity index (χ0n) is 16.4. The van der Waals surface area contributed by atoms with Crippen LogP contribution >= 0.6 is 0 Å². The maximum Gasteiger partial charge on any atom is 0.257 e. The first-order valence-electron chi connectivity index (χ1n) is 9.38. The number of halogens is 1. The Hall–Kier alpha value is -1.52. The SMILES string of the molecule is CCCN(C(=O)c1cc(S(=O)(=O)N(CC)CC)ccc1F)C1CCS(=O)(=O)C1. The molecule has 1 aromatic carbocycles. The highest BCUT2D eigenvalue weighted by molar-refractivity contribution is 7.91. The van der Waals surface area contributed by atoms with Crippen molar-refractivity contribution >= 4 is 25.8 Å². The van der Waals surface area contributed by atoms with Gasteiger partial charge in [-0.1, -0.05) is 20.8 Å². The third kappa shape index (κ3) is 4.72. The molecule has 7 nitrogen and oxygen atoms in total. The maximum atomic E-state index is 14.4. The zero-order chi connectivity index (χ0) is 21.1. The fourth-order valence-corrected chi connectivity index (χ4v) is 6.62. The van der Waals surface area contributed by atoms with Gasteiger partial charge in [0.05, 0.1) is 22.0 Å². The molecule has 1 fully saturated rings. The van der Waals surface area contributed by atoms with E-state index in [-0.39, 0.29) is 41.6 Å². The number of hydrogen-bond acceptors (Lipinski definition) is 5. The van der Waals surface area contributed by atoms with Crippen LogP contribution in [0.1, 0.15) is 44.0 Å². The Morgan fingerprint density at radius 3 is 2.36 bits per heavy atom. The summed E-state index contributed by atoms with van der Waals surface area (Å²) in [5, 5.41) is 0. The van der Waals surface area contributed by atoms with Gasteiger partial charge in [-0.05, 0) is 31.0 Å². The molecule has 0 saturated carbocycles. The summed E-state index contributed by atoms with van der Waals surface area (Å²) in [5.74, 6) is -1.68. The largest absolute Gasteiger partial charge is 0.335 e.